The largest absolute Gasteiger partial charge is 0.383 e. The first-order valence-electron chi connectivity index (χ1n) is 10.1. The molecule has 0 saturated heterocycles. The van der Waals surface area contributed by atoms with Crippen molar-refractivity contribution in [3.63, 3.8) is 0 Å². The summed E-state index contributed by atoms with van der Waals surface area (Å²) in [5.74, 6) is 1.08. The smallest absolute Gasteiger partial charge is 0.258 e. The highest BCUT2D eigenvalue weighted by molar-refractivity contribution is 5.78. The molecule has 0 unspecified atom stereocenters. The lowest BCUT2D eigenvalue weighted by Crippen LogP contribution is -2.46. The summed E-state index contributed by atoms with van der Waals surface area (Å²) in [7, 11) is 1.64. The Kier molecular flexibility index (Phi) is 7.17. The fourth-order valence-corrected chi connectivity index (χ4v) is 3.84. The molecular weight excluding hydrogens is 356 g/mol. The zero-order valence-corrected chi connectivity index (χ0v) is 16.7. The number of fused-ring (bicyclic) bond motifs is 1. The van der Waals surface area contributed by atoms with Crippen LogP contribution in [0.3, 0.4) is 0 Å². The predicted octanol–water partition coefficient (Wildman–Crippen LogP) is 2.07. The number of nitrogens with zero attached hydrogens (tertiary/aromatic N) is 2. The number of carbonyl (C=O) groups excluding carboxylic acids is 1. The maximum Gasteiger partial charge on any atom is 0.258 e. The average Bonchev–Trinajstić information content (AvgIpc) is 2.68. The van der Waals surface area contributed by atoms with Gasteiger partial charge >= 0.3 is 0 Å². The van der Waals surface area contributed by atoms with Gasteiger partial charge in [0.25, 0.3) is 5.56 Å². The van der Waals surface area contributed by atoms with Crippen LogP contribution in [0.1, 0.15) is 38.4 Å². The molecule has 1 aromatic carbocycles. The van der Waals surface area contributed by atoms with Crippen LogP contribution in [0.5, 0.6) is 0 Å². The topological polar surface area (TPSA) is 87.3 Å². The van der Waals surface area contributed by atoms with Crippen molar-refractivity contribution >= 4 is 16.8 Å². The summed E-state index contributed by atoms with van der Waals surface area (Å²) in [4.78, 5) is 34.3. The van der Waals surface area contributed by atoms with Gasteiger partial charge in [-0.3, -0.25) is 14.5 Å². The maximum atomic E-state index is 12.6. The molecule has 7 heteroatoms. The van der Waals surface area contributed by atoms with Crippen molar-refractivity contribution in [3.8, 4) is 0 Å². The van der Waals surface area contributed by atoms with E-state index in [2.05, 4.69) is 22.2 Å². The van der Waals surface area contributed by atoms with Crippen LogP contribution < -0.4 is 10.9 Å². The van der Waals surface area contributed by atoms with Crippen LogP contribution in [-0.4, -0.2) is 53.6 Å². The molecule has 152 valence electrons. The van der Waals surface area contributed by atoms with Crippen molar-refractivity contribution in [2.24, 2.45) is 5.92 Å². The highest BCUT2D eigenvalue weighted by Gasteiger charge is 2.23. The van der Waals surface area contributed by atoms with Crippen LogP contribution >= 0.6 is 0 Å². The van der Waals surface area contributed by atoms with Gasteiger partial charge in [0, 0.05) is 19.7 Å². The molecule has 1 amide bonds. The SMILES string of the molecule is COCCN(CC(=O)N[C@H]1CCCC[C@H]1C)Cc1nc2ccccc2c(=O)[nH]1. The summed E-state index contributed by atoms with van der Waals surface area (Å²) >= 11 is 0. The summed E-state index contributed by atoms with van der Waals surface area (Å²) in [6.45, 7) is 3.93. The molecule has 2 aromatic rings. The van der Waals surface area contributed by atoms with E-state index in [4.69, 9.17) is 4.74 Å². The van der Waals surface area contributed by atoms with E-state index in [-0.39, 0.29) is 24.1 Å². The number of amides is 1. The van der Waals surface area contributed by atoms with Crippen LogP contribution in [0.4, 0.5) is 0 Å². The van der Waals surface area contributed by atoms with Crippen molar-refractivity contribution in [1.29, 1.82) is 0 Å². The van der Waals surface area contributed by atoms with Crippen LogP contribution in [0.2, 0.25) is 0 Å². The molecule has 1 saturated carbocycles. The Labute approximate surface area is 165 Å². The number of carbonyl (C=O) groups is 1. The molecule has 1 aliphatic rings. The van der Waals surface area contributed by atoms with Gasteiger partial charge in [-0.1, -0.05) is 31.9 Å². The molecule has 2 atom stereocenters. The molecular formula is C21H30N4O3. The predicted molar refractivity (Wildman–Crippen MR) is 109 cm³/mol. The van der Waals surface area contributed by atoms with E-state index < -0.39 is 0 Å². The second-order valence-electron chi connectivity index (χ2n) is 7.67. The number of methoxy groups -OCH3 is 1. The fourth-order valence-electron chi connectivity index (χ4n) is 3.84. The lowest BCUT2D eigenvalue weighted by Gasteiger charge is -2.30. The number of ether oxygens (including phenoxy) is 1. The molecule has 0 aliphatic heterocycles. The summed E-state index contributed by atoms with van der Waals surface area (Å²) in [6.07, 6.45) is 4.63. The van der Waals surface area contributed by atoms with E-state index in [1.807, 2.05) is 23.1 Å². The fraction of sp³-hybridized carbons (Fsp3) is 0.571. The normalized spacial score (nSPS) is 19.8. The first-order valence-corrected chi connectivity index (χ1v) is 10.1. The van der Waals surface area contributed by atoms with Crippen LogP contribution in [0.15, 0.2) is 29.1 Å². The summed E-state index contributed by atoms with van der Waals surface area (Å²) < 4.78 is 5.19. The lowest BCUT2D eigenvalue weighted by molar-refractivity contribution is -0.123. The van der Waals surface area contributed by atoms with E-state index in [1.54, 1.807) is 13.2 Å². The third-order valence-electron chi connectivity index (χ3n) is 5.47. The minimum absolute atomic E-state index is 0.0120. The first kappa shape index (κ1) is 20.5. The van der Waals surface area contributed by atoms with Gasteiger partial charge in [-0.05, 0) is 30.9 Å². The van der Waals surface area contributed by atoms with Crippen molar-refractivity contribution in [3.05, 3.63) is 40.4 Å². The summed E-state index contributed by atoms with van der Waals surface area (Å²) in [5.41, 5.74) is 0.501. The molecule has 0 bridgehead atoms. The molecule has 1 aromatic heterocycles. The molecule has 0 spiro atoms. The monoisotopic (exact) mass is 386 g/mol. The van der Waals surface area contributed by atoms with E-state index in [1.165, 1.54) is 19.3 Å². The molecule has 1 fully saturated rings. The Bertz CT molecular complexity index is 851. The summed E-state index contributed by atoms with van der Waals surface area (Å²) in [5, 5.41) is 3.76. The van der Waals surface area contributed by atoms with Gasteiger partial charge < -0.3 is 15.0 Å². The van der Waals surface area contributed by atoms with E-state index in [0.717, 1.165) is 6.42 Å². The number of rotatable bonds is 8. The average molecular weight is 386 g/mol. The van der Waals surface area contributed by atoms with Crippen LogP contribution in [-0.2, 0) is 16.1 Å². The highest BCUT2D eigenvalue weighted by Crippen LogP contribution is 2.23. The Morgan fingerprint density at radius 2 is 2.11 bits per heavy atom. The number of hydrogen-bond donors (Lipinski definition) is 2. The van der Waals surface area contributed by atoms with E-state index in [9.17, 15) is 9.59 Å². The molecule has 0 radical (unpaired) electrons. The maximum absolute atomic E-state index is 12.6. The molecule has 3 rings (SSSR count). The number of benzene rings is 1. The number of nitrogens with one attached hydrogen (secondary N) is 2. The van der Waals surface area contributed by atoms with Crippen molar-refractivity contribution in [2.75, 3.05) is 26.8 Å². The van der Waals surface area contributed by atoms with Gasteiger partial charge in [0.05, 0.1) is 30.6 Å². The Balaban J connectivity index is 1.68. The zero-order valence-electron chi connectivity index (χ0n) is 16.7. The Morgan fingerprint density at radius 3 is 2.89 bits per heavy atom. The number of aromatic nitrogens is 2. The van der Waals surface area contributed by atoms with Gasteiger partial charge in [-0.2, -0.15) is 0 Å². The Hall–Kier alpha value is -2.25. The quantitative estimate of drug-likeness (QED) is 0.725. The summed E-state index contributed by atoms with van der Waals surface area (Å²) in [6, 6.07) is 7.52. The second kappa shape index (κ2) is 9.80. The highest BCUT2D eigenvalue weighted by atomic mass is 16.5. The van der Waals surface area contributed by atoms with Crippen molar-refractivity contribution in [2.45, 2.75) is 45.2 Å². The zero-order chi connectivity index (χ0) is 19.9. The molecule has 28 heavy (non-hydrogen) atoms. The first-order chi connectivity index (χ1) is 13.6. The molecule has 2 N–H and O–H groups in total. The third-order valence-corrected chi connectivity index (χ3v) is 5.47. The van der Waals surface area contributed by atoms with E-state index >= 15 is 0 Å². The van der Waals surface area contributed by atoms with Gasteiger partial charge in [-0.15, -0.1) is 0 Å². The van der Waals surface area contributed by atoms with Crippen LogP contribution in [0.25, 0.3) is 10.9 Å². The molecule has 1 aliphatic carbocycles. The van der Waals surface area contributed by atoms with Gasteiger partial charge in [0.2, 0.25) is 5.91 Å². The molecule has 7 nitrogen and oxygen atoms in total. The van der Waals surface area contributed by atoms with Gasteiger partial charge in [0.15, 0.2) is 0 Å². The standard InChI is InChI=1S/C21H30N4O3/c1-15-7-3-5-9-17(15)23-20(26)14-25(11-12-28-2)13-19-22-18-10-6-4-8-16(18)21(27)24-19/h4,6,8,10,15,17H,3,5,7,9,11-14H2,1-2H3,(H,23,26)(H,22,24,27)/t15-,17+/m1/s1. The van der Waals surface area contributed by atoms with Gasteiger partial charge in [0.1, 0.15) is 5.82 Å². The van der Waals surface area contributed by atoms with E-state index in [0.29, 0.717) is 42.3 Å². The molecule has 1 heterocycles. The number of H-pyrrole nitrogens is 1. The minimum atomic E-state index is -0.159. The van der Waals surface area contributed by atoms with Crippen molar-refractivity contribution < 1.29 is 9.53 Å². The third kappa shape index (κ3) is 5.39. The Morgan fingerprint density at radius 1 is 1.32 bits per heavy atom. The minimum Gasteiger partial charge on any atom is -0.383 e. The van der Waals surface area contributed by atoms with Crippen molar-refractivity contribution in [1.82, 2.24) is 20.2 Å². The number of aromatic amines is 1. The van der Waals surface area contributed by atoms with Crippen LogP contribution in [0, 0.1) is 5.92 Å². The number of para-hydroxylation sites is 1. The lowest BCUT2D eigenvalue weighted by atomic mass is 9.86. The number of hydrogen-bond acceptors (Lipinski definition) is 5. The van der Waals surface area contributed by atoms with Gasteiger partial charge in [-0.25, -0.2) is 4.98 Å². The second-order valence-corrected chi connectivity index (χ2v) is 7.67.